The van der Waals surface area contributed by atoms with Gasteiger partial charge in [0.2, 0.25) is 0 Å². The van der Waals surface area contributed by atoms with Crippen LogP contribution in [0.25, 0.3) is 5.52 Å². The molecule has 2 aromatic rings. The average Bonchev–Trinajstić information content (AvgIpc) is 2.96. The Balaban J connectivity index is 2.15. The molecule has 88 valence electrons. The molecule has 1 unspecified atom stereocenters. The standard InChI is InChI=1S/C12H12N2O3/c15-12(16)8-3-1-5-14-9(8)7-13-11(14)10-4-2-6-17-10/h1,3,5,7,10H,2,4,6H2,(H,15,16). The molecule has 1 aliphatic heterocycles. The molecule has 1 atom stereocenters. The van der Waals surface area contributed by atoms with Crippen molar-refractivity contribution in [3.63, 3.8) is 0 Å². The Hall–Kier alpha value is -1.88. The minimum absolute atomic E-state index is 0.0125. The first-order chi connectivity index (χ1) is 8.27. The molecular formula is C12H12N2O3. The quantitative estimate of drug-likeness (QED) is 0.858. The number of hydrogen-bond acceptors (Lipinski definition) is 3. The smallest absolute Gasteiger partial charge is 0.337 e. The first kappa shape index (κ1) is 10.3. The SMILES string of the molecule is O=C(O)c1cccn2c(C3CCCO3)ncc12. The van der Waals surface area contributed by atoms with Gasteiger partial charge >= 0.3 is 5.97 Å². The van der Waals surface area contributed by atoms with Gasteiger partial charge in [-0.2, -0.15) is 0 Å². The van der Waals surface area contributed by atoms with E-state index in [1.165, 1.54) is 0 Å². The lowest BCUT2D eigenvalue weighted by molar-refractivity contribution is 0.0698. The van der Waals surface area contributed by atoms with E-state index in [9.17, 15) is 4.79 Å². The number of ether oxygens (including phenoxy) is 1. The first-order valence-electron chi connectivity index (χ1n) is 5.58. The fourth-order valence-electron chi connectivity index (χ4n) is 2.24. The number of aromatic carboxylic acids is 1. The third kappa shape index (κ3) is 1.59. The molecule has 1 fully saturated rings. The Morgan fingerprint density at radius 2 is 2.47 bits per heavy atom. The first-order valence-corrected chi connectivity index (χ1v) is 5.58. The summed E-state index contributed by atoms with van der Waals surface area (Å²) in [5.41, 5.74) is 0.884. The molecule has 1 aliphatic rings. The van der Waals surface area contributed by atoms with Crippen molar-refractivity contribution in [2.45, 2.75) is 18.9 Å². The molecule has 5 nitrogen and oxygen atoms in total. The van der Waals surface area contributed by atoms with E-state index >= 15 is 0 Å². The topological polar surface area (TPSA) is 63.8 Å². The van der Waals surface area contributed by atoms with E-state index in [-0.39, 0.29) is 11.7 Å². The van der Waals surface area contributed by atoms with Gasteiger partial charge in [-0.25, -0.2) is 9.78 Å². The van der Waals surface area contributed by atoms with Crippen LogP contribution in [0, 0.1) is 0 Å². The van der Waals surface area contributed by atoms with E-state index in [1.807, 2.05) is 6.20 Å². The van der Waals surface area contributed by atoms with Crippen LogP contribution in [0.4, 0.5) is 0 Å². The van der Waals surface area contributed by atoms with E-state index in [4.69, 9.17) is 9.84 Å². The summed E-state index contributed by atoms with van der Waals surface area (Å²) >= 11 is 0. The predicted octanol–water partition coefficient (Wildman–Crippen LogP) is 1.88. The second-order valence-electron chi connectivity index (χ2n) is 4.10. The number of aromatic nitrogens is 2. The zero-order valence-corrected chi connectivity index (χ0v) is 9.17. The lowest BCUT2D eigenvalue weighted by Crippen LogP contribution is -2.04. The van der Waals surface area contributed by atoms with Crippen molar-refractivity contribution in [2.24, 2.45) is 0 Å². The molecule has 1 saturated heterocycles. The van der Waals surface area contributed by atoms with Crippen LogP contribution in [0.1, 0.15) is 35.1 Å². The number of pyridine rings is 1. The number of hydrogen-bond donors (Lipinski definition) is 1. The summed E-state index contributed by atoms with van der Waals surface area (Å²) in [4.78, 5) is 15.4. The Morgan fingerprint density at radius 1 is 1.59 bits per heavy atom. The summed E-state index contributed by atoms with van der Waals surface area (Å²) in [6.07, 6.45) is 5.38. The van der Waals surface area contributed by atoms with Gasteiger partial charge in [0.25, 0.3) is 0 Å². The van der Waals surface area contributed by atoms with Crippen molar-refractivity contribution in [3.05, 3.63) is 35.9 Å². The molecule has 3 heterocycles. The Morgan fingerprint density at radius 3 is 3.18 bits per heavy atom. The summed E-state index contributed by atoms with van der Waals surface area (Å²) in [7, 11) is 0. The zero-order chi connectivity index (χ0) is 11.8. The largest absolute Gasteiger partial charge is 0.478 e. The minimum atomic E-state index is -0.936. The van der Waals surface area contributed by atoms with Crippen molar-refractivity contribution in [1.29, 1.82) is 0 Å². The molecule has 0 aliphatic carbocycles. The van der Waals surface area contributed by atoms with Crippen LogP contribution in [-0.4, -0.2) is 27.1 Å². The van der Waals surface area contributed by atoms with E-state index in [1.54, 1.807) is 22.7 Å². The van der Waals surface area contributed by atoms with Gasteiger partial charge in [0.05, 0.1) is 17.3 Å². The highest BCUT2D eigenvalue weighted by Crippen LogP contribution is 2.28. The number of nitrogens with zero attached hydrogens (tertiary/aromatic N) is 2. The minimum Gasteiger partial charge on any atom is -0.478 e. The van der Waals surface area contributed by atoms with Crippen molar-refractivity contribution < 1.29 is 14.6 Å². The number of carboxylic acids is 1. The third-order valence-electron chi connectivity index (χ3n) is 3.05. The van der Waals surface area contributed by atoms with E-state index in [0.717, 1.165) is 25.3 Å². The number of imidazole rings is 1. The molecule has 5 heteroatoms. The van der Waals surface area contributed by atoms with Gasteiger partial charge < -0.3 is 14.2 Å². The number of carboxylic acid groups (broad SMARTS) is 1. The molecular weight excluding hydrogens is 220 g/mol. The summed E-state index contributed by atoms with van der Waals surface area (Å²) < 4.78 is 7.38. The molecule has 0 amide bonds. The van der Waals surface area contributed by atoms with Crippen LogP contribution >= 0.6 is 0 Å². The molecule has 17 heavy (non-hydrogen) atoms. The van der Waals surface area contributed by atoms with Crippen LogP contribution in [0.2, 0.25) is 0 Å². The normalized spacial score (nSPS) is 19.9. The van der Waals surface area contributed by atoms with Crippen LogP contribution < -0.4 is 0 Å². The Labute approximate surface area is 97.7 Å². The van der Waals surface area contributed by atoms with E-state index < -0.39 is 5.97 Å². The lowest BCUT2D eigenvalue weighted by atomic mass is 10.2. The van der Waals surface area contributed by atoms with Gasteiger partial charge in [0.15, 0.2) is 0 Å². The summed E-state index contributed by atoms with van der Waals surface area (Å²) in [5.74, 6) is -0.144. The molecule has 0 radical (unpaired) electrons. The average molecular weight is 232 g/mol. The molecule has 0 saturated carbocycles. The predicted molar refractivity (Wildman–Crippen MR) is 60.1 cm³/mol. The monoisotopic (exact) mass is 232 g/mol. The highest BCUT2D eigenvalue weighted by molar-refractivity contribution is 5.95. The molecule has 0 aromatic carbocycles. The zero-order valence-electron chi connectivity index (χ0n) is 9.17. The Bertz CT molecular complexity index is 570. The van der Waals surface area contributed by atoms with Gasteiger partial charge in [-0.15, -0.1) is 0 Å². The summed E-state index contributed by atoms with van der Waals surface area (Å²) in [6.45, 7) is 0.748. The van der Waals surface area contributed by atoms with Crippen LogP contribution in [0.3, 0.4) is 0 Å². The number of rotatable bonds is 2. The maximum absolute atomic E-state index is 11.1. The summed E-state index contributed by atoms with van der Waals surface area (Å²) in [5, 5.41) is 9.09. The maximum Gasteiger partial charge on any atom is 0.337 e. The molecule has 2 aromatic heterocycles. The van der Waals surface area contributed by atoms with Crippen LogP contribution in [-0.2, 0) is 4.74 Å². The van der Waals surface area contributed by atoms with Crippen molar-refractivity contribution in [1.82, 2.24) is 9.38 Å². The van der Waals surface area contributed by atoms with Crippen LogP contribution in [0.5, 0.6) is 0 Å². The molecule has 1 N–H and O–H groups in total. The van der Waals surface area contributed by atoms with Crippen LogP contribution in [0.15, 0.2) is 24.5 Å². The number of carbonyl (C=O) groups is 1. The Kier molecular flexibility index (Phi) is 2.33. The number of fused-ring (bicyclic) bond motifs is 1. The fourth-order valence-corrected chi connectivity index (χ4v) is 2.24. The third-order valence-corrected chi connectivity index (χ3v) is 3.05. The highest BCUT2D eigenvalue weighted by atomic mass is 16.5. The molecule has 0 bridgehead atoms. The molecule has 0 spiro atoms. The van der Waals surface area contributed by atoms with Crippen molar-refractivity contribution >= 4 is 11.5 Å². The summed E-state index contributed by atoms with van der Waals surface area (Å²) in [6, 6.07) is 3.30. The van der Waals surface area contributed by atoms with Gasteiger partial charge in [0.1, 0.15) is 11.9 Å². The second-order valence-corrected chi connectivity index (χ2v) is 4.10. The van der Waals surface area contributed by atoms with Crippen molar-refractivity contribution in [3.8, 4) is 0 Å². The van der Waals surface area contributed by atoms with Gasteiger partial charge in [-0.3, -0.25) is 0 Å². The van der Waals surface area contributed by atoms with E-state index in [0.29, 0.717) is 5.52 Å². The van der Waals surface area contributed by atoms with Gasteiger partial charge in [0, 0.05) is 12.8 Å². The second kappa shape index (κ2) is 3.85. The molecule has 3 rings (SSSR count). The lowest BCUT2D eigenvalue weighted by Gasteiger charge is -2.08. The fraction of sp³-hybridized carbons (Fsp3) is 0.333. The highest BCUT2D eigenvalue weighted by Gasteiger charge is 2.23. The maximum atomic E-state index is 11.1. The van der Waals surface area contributed by atoms with Crippen molar-refractivity contribution in [2.75, 3.05) is 6.61 Å². The van der Waals surface area contributed by atoms with Gasteiger partial charge in [-0.05, 0) is 25.0 Å². The van der Waals surface area contributed by atoms with Gasteiger partial charge in [-0.1, -0.05) is 0 Å². The van der Waals surface area contributed by atoms with E-state index in [2.05, 4.69) is 4.98 Å².